The van der Waals surface area contributed by atoms with Crippen LogP contribution in [0.2, 0.25) is 0 Å². The maximum absolute atomic E-state index is 5.50. The van der Waals surface area contributed by atoms with E-state index in [0.717, 1.165) is 5.69 Å². The molecule has 3 aromatic heterocycles. The van der Waals surface area contributed by atoms with Crippen molar-refractivity contribution in [3.05, 3.63) is 18.6 Å². The summed E-state index contributed by atoms with van der Waals surface area (Å²) in [6.45, 7) is 0. The van der Waals surface area contributed by atoms with Crippen molar-refractivity contribution in [3.8, 4) is 23.1 Å². The minimum absolute atomic E-state index is 0.338. The monoisotopic (exact) mass is 231 g/mol. The molecule has 0 aliphatic rings. The number of aromatic nitrogens is 6. The van der Waals surface area contributed by atoms with Crippen LogP contribution in [-0.2, 0) is 7.05 Å². The third-order valence-corrected chi connectivity index (χ3v) is 2.30. The lowest BCUT2D eigenvalue weighted by Gasteiger charge is -1.92. The van der Waals surface area contributed by atoms with Gasteiger partial charge in [-0.15, -0.1) is 0 Å². The van der Waals surface area contributed by atoms with Gasteiger partial charge in [-0.1, -0.05) is 5.16 Å². The molecule has 0 fully saturated rings. The average molecular weight is 231 g/mol. The number of rotatable bonds is 2. The van der Waals surface area contributed by atoms with Crippen molar-refractivity contribution in [2.45, 2.75) is 0 Å². The number of hydrogen-bond acceptors (Lipinski definition) is 6. The lowest BCUT2D eigenvalue weighted by molar-refractivity contribution is 0.430. The minimum Gasteiger partial charge on any atom is -0.382 e. The first-order valence-electron chi connectivity index (χ1n) is 4.85. The van der Waals surface area contributed by atoms with Gasteiger partial charge in [0.25, 0.3) is 5.89 Å². The van der Waals surface area contributed by atoms with Crippen LogP contribution in [-0.4, -0.2) is 29.9 Å². The van der Waals surface area contributed by atoms with E-state index in [0.29, 0.717) is 23.2 Å². The predicted octanol–water partition coefficient (Wildman–Crippen LogP) is 0.442. The molecule has 0 aliphatic carbocycles. The van der Waals surface area contributed by atoms with Crippen LogP contribution in [0.25, 0.3) is 23.1 Å². The minimum atomic E-state index is 0.338. The van der Waals surface area contributed by atoms with E-state index in [1.165, 1.54) is 0 Å². The summed E-state index contributed by atoms with van der Waals surface area (Å²) in [5.41, 5.74) is 6.85. The molecule has 8 nitrogen and oxygen atoms in total. The zero-order valence-electron chi connectivity index (χ0n) is 8.95. The molecule has 0 aliphatic heterocycles. The zero-order valence-corrected chi connectivity index (χ0v) is 8.95. The molecule has 86 valence electrons. The van der Waals surface area contributed by atoms with Gasteiger partial charge < -0.3 is 14.8 Å². The number of nitrogens with zero attached hydrogens (tertiary/aromatic N) is 5. The molecule has 0 unspecified atom stereocenters. The van der Waals surface area contributed by atoms with Crippen LogP contribution in [0.4, 0.5) is 5.82 Å². The topological polar surface area (TPSA) is 111 Å². The standard InChI is InChI=1S/C9H9N7O/c1-16-4-11-3-6(16)8-12-9(17-15-8)5-2-7(10)14-13-5/h2-4H,1H3,(H3,10,13,14). The van der Waals surface area contributed by atoms with Gasteiger partial charge in [-0.2, -0.15) is 10.1 Å². The molecule has 3 rings (SSSR count). The van der Waals surface area contributed by atoms with E-state index in [1.54, 1.807) is 23.2 Å². The van der Waals surface area contributed by atoms with Crippen LogP contribution in [0.15, 0.2) is 23.1 Å². The molecule has 3 N–H and O–H groups in total. The van der Waals surface area contributed by atoms with Crippen LogP contribution in [0.1, 0.15) is 0 Å². The third-order valence-electron chi connectivity index (χ3n) is 2.30. The Morgan fingerprint density at radius 2 is 2.35 bits per heavy atom. The summed E-state index contributed by atoms with van der Waals surface area (Å²) in [6.07, 6.45) is 3.33. The Hall–Kier alpha value is -2.64. The van der Waals surface area contributed by atoms with E-state index in [4.69, 9.17) is 10.3 Å². The number of aryl methyl sites for hydroxylation is 1. The molecule has 0 aromatic carbocycles. The SMILES string of the molecule is Cn1cncc1-c1noc(-c2cc(N)n[nH]2)n1. The Kier molecular flexibility index (Phi) is 1.94. The Bertz CT molecular complexity index is 650. The highest BCUT2D eigenvalue weighted by Crippen LogP contribution is 2.20. The van der Waals surface area contributed by atoms with Crippen molar-refractivity contribution in [3.63, 3.8) is 0 Å². The van der Waals surface area contributed by atoms with Crippen LogP contribution in [0.3, 0.4) is 0 Å². The van der Waals surface area contributed by atoms with Gasteiger partial charge in [-0.3, -0.25) is 5.10 Å². The number of hydrogen-bond donors (Lipinski definition) is 2. The maximum Gasteiger partial charge on any atom is 0.276 e. The van der Waals surface area contributed by atoms with Gasteiger partial charge in [0.05, 0.1) is 12.5 Å². The van der Waals surface area contributed by atoms with E-state index >= 15 is 0 Å². The Balaban J connectivity index is 2.01. The summed E-state index contributed by atoms with van der Waals surface area (Å²) in [6, 6.07) is 1.63. The van der Waals surface area contributed by atoms with Crippen LogP contribution >= 0.6 is 0 Å². The molecule has 3 heterocycles. The van der Waals surface area contributed by atoms with Gasteiger partial charge in [-0.05, 0) is 0 Å². The fourth-order valence-electron chi connectivity index (χ4n) is 1.46. The highest BCUT2D eigenvalue weighted by Gasteiger charge is 2.14. The van der Waals surface area contributed by atoms with Crippen LogP contribution in [0.5, 0.6) is 0 Å². The quantitative estimate of drug-likeness (QED) is 0.662. The Labute approximate surface area is 95.5 Å². The number of aromatic amines is 1. The van der Waals surface area contributed by atoms with E-state index in [9.17, 15) is 0 Å². The van der Waals surface area contributed by atoms with Crippen molar-refractivity contribution >= 4 is 5.82 Å². The fraction of sp³-hybridized carbons (Fsp3) is 0.111. The van der Waals surface area contributed by atoms with Gasteiger partial charge in [0, 0.05) is 13.1 Å². The van der Waals surface area contributed by atoms with Crippen LogP contribution < -0.4 is 5.73 Å². The van der Waals surface area contributed by atoms with Gasteiger partial charge in [0.1, 0.15) is 17.2 Å². The molecule has 0 atom stereocenters. The van der Waals surface area contributed by atoms with E-state index in [2.05, 4.69) is 25.3 Å². The van der Waals surface area contributed by atoms with Crippen molar-refractivity contribution in [2.24, 2.45) is 7.05 Å². The van der Waals surface area contributed by atoms with Gasteiger partial charge in [0.2, 0.25) is 5.82 Å². The Morgan fingerprint density at radius 3 is 3.00 bits per heavy atom. The second kappa shape index (κ2) is 3.44. The molecule has 0 bridgehead atoms. The van der Waals surface area contributed by atoms with Crippen LogP contribution in [0, 0.1) is 0 Å². The number of nitrogens with two attached hydrogens (primary N) is 1. The number of nitrogens with one attached hydrogen (secondary N) is 1. The summed E-state index contributed by atoms with van der Waals surface area (Å²) >= 11 is 0. The van der Waals surface area contributed by atoms with Gasteiger partial charge in [-0.25, -0.2) is 4.98 Å². The predicted molar refractivity (Wildman–Crippen MR) is 58.5 cm³/mol. The third kappa shape index (κ3) is 1.55. The molecule has 0 amide bonds. The average Bonchev–Trinajstić information content (AvgIpc) is 2.97. The molecule has 0 radical (unpaired) electrons. The van der Waals surface area contributed by atoms with Gasteiger partial charge >= 0.3 is 0 Å². The molecular weight excluding hydrogens is 222 g/mol. The first kappa shape index (κ1) is 9.58. The summed E-state index contributed by atoms with van der Waals surface area (Å²) in [5.74, 6) is 1.18. The number of nitrogen functional groups attached to an aromatic ring is 1. The number of anilines is 1. The Morgan fingerprint density at radius 1 is 1.47 bits per heavy atom. The second-order valence-electron chi connectivity index (χ2n) is 3.52. The smallest absolute Gasteiger partial charge is 0.276 e. The first-order valence-corrected chi connectivity index (χ1v) is 4.85. The summed E-state index contributed by atoms with van der Waals surface area (Å²) in [4.78, 5) is 8.22. The van der Waals surface area contributed by atoms with E-state index in [-0.39, 0.29) is 0 Å². The molecule has 3 aromatic rings. The highest BCUT2D eigenvalue weighted by molar-refractivity contribution is 5.56. The van der Waals surface area contributed by atoms with Crippen molar-refractivity contribution < 1.29 is 4.52 Å². The molecule has 0 spiro atoms. The maximum atomic E-state index is 5.50. The summed E-state index contributed by atoms with van der Waals surface area (Å²) < 4.78 is 6.92. The molecule has 0 saturated carbocycles. The lowest BCUT2D eigenvalue weighted by Crippen LogP contribution is -1.90. The molecular formula is C9H9N7O. The van der Waals surface area contributed by atoms with Crippen molar-refractivity contribution in [1.82, 2.24) is 29.9 Å². The van der Waals surface area contributed by atoms with Crippen molar-refractivity contribution in [2.75, 3.05) is 5.73 Å². The van der Waals surface area contributed by atoms with E-state index in [1.807, 2.05) is 7.05 Å². The molecule has 8 heteroatoms. The lowest BCUT2D eigenvalue weighted by atomic mass is 10.4. The zero-order chi connectivity index (χ0) is 11.8. The van der Waals surface area contributed by atoms with Gasteiger partial charge in [0.15, 0.2) is 0 Å². The summed E-state index contributed by atoms with van der Waals surface area (Å²) in [7, 11) is 1.85. The largest absolute Gasteiger partial charge is 0.382 e. The number of H-pyrrole nitrogens is 1. The highest BCUT2D eigenvalue weighted by atomic mass is 16.5. The molecule has 0 saturated heterocycles. The normalized spacial score (nSPS) is 10.9. The van der Waals surface area contributed by atoms with Crippen molar-refractivity contribution in [1.29, 1.82) is 0 Å². The van der Waals surface area contributed by atoms with E-state index < -0.39 is 0 Å². The fourth-order valence-corrected chi connectivity index (χ4v) is 1.46. The molecule has 17 heavy (non-hydrogen) atoms. The number of imidazole rings is 1. The second-order valence-corrected chi connectivity index (χ2v) is 3.52. The first-order chi connectivity index (χ1) is 8.24. The summed E-state index contributed by atoms with van der Waals surface area (Å²) in [5, 5.41) is 10.4.